The van der Waals surface area contributed by atoms with Crippen LogP contribution in [0.4, 0.5) is 18.9 Å². The number of primary amides is 1. The number of carboxylic acid groups (broad SMARTS) is 2. The van der Waals surface area contributed by atoms with Gasteiger partial charge in [0.15, 0.2) is 52.3 Å². The van der Waals surface area contributed by atoms with Crippen molar-refractivity contribution < 1.29 is 100.0 Å². The molecule has 0 saturated heterocycles. The van der Waals surface area contributed by atoms with E-state index in [-0.39, 0.29) is 238 Å². The van der Waals surface area contributed by atoms with Crippen LogP contribution < -0.4 is 153 Å². The molecular weight excluding hydrogens is 1830 g/mol. The number of fused-ring (bicyclic) bond motifs is 2. The number of phenols is 1. The molecule has 0 spiro atoms. The minimum absolute atomic E-state index is 0.00320. The van der Waals surface area contributed by atoms with Crippen molar-refractivity contribution in [1.82, 2.24) is 90.4 Å². The molecule has 137 heavy (non-hydrogen) atoms. The van der Waals surface area contributed by atoms with Crippen molar-refractivity contribution in [3.8, 4) is 28.2 Å². The largest absolute Gasteiger partial charge is 0.508 e. The number of nitrogens with two attached hydrogens (primary N) is 9. The van der Waals surface area contributed by atoms with Gasteiger partial charge in [-0.15, -0.1) is 0 Å². The summed E-state index contributed by atoms with van der Waals surface area (Å²) in [5.74, 6) is -16.4. The Kier molecular flexibility index (Phi) is 51.6. The van der Waals surface area contributed by atoms with Crippen LogP contribution in [-0.4, -0.2) is 266 Å². The van der Waals surface area contributed by atoms with E-state index in [0.29, 0.717) is 16.5 Å². The van der Waals surface area contributed by atoms with E-state index in [1.807, 2.05) is 0 Å². The van der Waals surface area contributed by atoms with E-state index >= 15 is 0 Å². The summed E-state index contributed by atoms with van der Waals surface area (Å²) in [5.41, 5.74) is 51.1. The van der Waals surface area contributed by atoms with Gasteiger partial charge in [0.2, 0.25) is 59.1 Å². The minimum Gasteiger partial charge on any atom is -0.508 e. The topological polar surface area (TPSA) is 940 Å². The summed E-state index contributed by atoms with van der Waals surface area (Å²) >= 11 is 5.42. The molecule has 1 heterocycles. The zero-order chi connectivity index (χ0) is 102. The Balaban J connectivity index is 0.00000662. The number of thiocarbonyl (C=S) groups is 1. The van der Waals surface area contributed by atoms with Gasteiger partial charge < -0.3 is 172 Å². The first-order chi connectivity index (χ1) is 64.7. The lowest BCUT2D eigenvalue weighted by Crippen LogP contribution is -2.60. The summed E-state index contributed by atoms with van der Waals surface area (Å²) in [6, 6.07) is 1.42. The highest BCUT2D eigenvalue weighted by Gasteiger charge is 2.39. The number of esters is 1. The lowest BCUT2D eigenvalue weighted by molar-refractivity contribution is -0.192. The molecule has 1 aliphatic carbocycles. The summed E-state index contributed by atoms with van der Waals surface area (Å²) in [4.78, 5) is 188. The molecule has 10 amide bonds. The molecule has 2 aromatic carbocycles. The molecule has 57 heteroatoms. The number of aromatic carboxylic acids is 1. The number of carbonyl (C=O) groups is 13. The number of benzene rings is 3. The number of carbonyl (C=O) groups excluding carboxylic acids is 11. The molecule has 0 radical (unpaired) electrons. The summed E-state index contributed by atoms with van der Waals surface area (Å²) in [6.45, 7) is -0.0885. The second kappa shape index (κ2) is 61.2. The number of amides is 10. The first kappa shape index (κ1) is 116. The molecule has 0 aromatic heterocycles. The molecule has 1 unspecified atom stereocenters. The summed E-state index contributed by atoms with van der Waals surface area (Å²) in [7, 11) is 0. The van der Waals surface area contributed by atoms with Crippen LogP contribution in [0.25, 0.3) is 33.4 Å². The standard InChI is InChI=1S/C78H124N34O17S.C2HF3O2/c79-27-1-10-49(105-59(116)25-26-60(117)128-37-36-103-78(130)104-41-19-22-44(47(38-41)70(126)127)61-45-23-20-42(113)39-56(45)129-57-40-43(114)21-24-46(57)61)63(119)95-28-9-18-58(115)106-50(12-3-30-97-72(83)84)64(120)108-52(14-5-32-99-74(87)88)66(122)110-54(16-7-34-101-76(91)92)68(124)112-55(17-8-35-102-77(93)94)69(125)111-53(15-6-33-100-75(89)90)67(123)109-51(13-4-31-98-73(85)86)65(121)107-48(62(80)118)11-2-29-96-71(81)82;3-2(4,5)1(6)7/h19-24,38-40,48-55,113H,1-18,25-37,79H2,(H2,80,118)(H,95,119)(H,105,116)(H,106,115)(H,107,121)(H,108,120)(H,109,123)(H,110,122)(H,111,125)(H,112,124)(H,126,127)(H4,81,82,96)(H4,83,84,97)(H4,85,86,98)(H4,87,88,99)(H4,89,90,100)(H4,91,92,101)(H4,93,94,102)(H2,103,104,130);(H,6,7)/t48-,49?,50-,51-,52-,53-,54-,55-;/m1./s1. The van der Waals surface area contributed by atoms with Gasteiger partial charge in [-0.05, 0) is 170 Å². The van der Waals surface area contributed by atoms with Crippen LogP contribution in [0.15, 0.2) is 63.8 Å². The molecule has 0 bridgehead atoms. The maximum absolute atomic E-state index is 14.9. The van der Waals surface area contributed by atoms with Crippen LogP contribution in [-0.2, 0) is 62.3 Å². The number of anilines is 1. The van der Waals surface area contributed by atoms with Crippen LogP contribution in [0.5, 0.6) is 5.75 Å². The van der Waals surface area contributed by atoms with Gasteiger partial charge in [0.1, 0.15) is 72.0 Å². The number of aromatic hydroxyl groups is 1. The van der Waals surface area contributed by atoms with E-state index in [2.05, 4.69) is 95.7 Å². The normalized spacial score (nSPS) is 12.6. The van der Waals surface area contributed by atoms with E-state index in [0.717, 1.165) is 0 Å². The number of rotatable bonds is 60. The highest BCUT2D eigenvalue weighted by molar-refractivity contribution is 7.80. The molecular formula is C80H125F3N34O19S. The SMILES string of the molecule is N=C(N)NCCC[C@@H](NC(=O)[C@@H](CCCNC(=N)N)NC(=O)[C@@H](CCCNC(=N)N)NC(=O)[C@@H](CCCNC(=N)N)NC(=O)[C@@H](CCCNC(=N)N)NC(=O)[C@@H](CCCNC(=N)N)NC(=O)[C@@H](CCCNC(=N)N)NC(=O)CCCNC(=O)C(CCCN)NC(=O)CCC(=O)OCCNC(=S)Nc1ccc(-c2c3ccc(=O)cc-3oc3cc(O)ccc23)c(C(=O)O)c1)C(N)=O.O=C(O)C(F)(F)F. The Hall–Kier alpha value is -15.6. The van der Waals surface area contributed by atoms with Crippen molar-refractivity contribution in [2.45, 2.75) is 183 Å². The smallest absolute Gasteiger partial charge is 0.490 e. The monoisotopic (exact) mass is 1950 g/mol. The van der Waals surface area contributed by atoms with Gasteiger partial charge in [0, 0.05) is 99.5 Å². The van der Waals surface area contributed by atoms with Crippen molar-refractivity contribution in [3.05, 3.63) is 70.4 Å². The lowest BCUT2D eigenvalue weighted by atomic mass is 9.90. The average Bonchev–Trinajstić information content (AvgIpc) is 0.739. The Morgan fingerprint density at radius 3 is 1.13 bits per heavy atom. The van der Waals surface area contributed by atoms with Crippen LogP contribution in [0.1, 0.15) is 139 Å². The van der Waals surface area contributed by atoms with E-state index in [1.54, 1.807) is 18.2 Å². The van der Waals surface area contributed by atoms with Crippen molar-refractivity contribution in [2.75, 3.05) is 77.4 Å². The molecule has 1 aliphatic heterocycles. The van der Waals surface area contributed by atoms with E-state index < -0.39 is 180 Å². The number of hydrogen-bond acceptors (Lipinski definition) is 26. The summed E-state index contributed by atoms with van der Waals surface area (Å²) in [5, 5.41) is 129. The molecule has 2 aliphatic rings. The molecule has 0 fully saturated rings. The molecule has 8 atom stereocenters. The zero-order valence-corrected chi connectivity index (χ0v) is 75.7. The van der Waals surface area contributed by atoms with Gasteiger partial charge in [-0.25, -0.2) is 9.59 Å². The number of ether oxygens (including phenoxy) is 1. The number of phenolic OH excluding ortho intramolecular Hbond substituents is 1. The van der Waals surface area contributed by atoms with Crippen molar-refractivity contribution in [3.63, 3.8) is 0 Å². The summed E-state index contributed by atoms with van der Waals surface area (Å²) in [6.07, 6.45) is -6.51. The van der Waals surface area contributed by atoms with E-state index in [4.69, 9.17) is 121 Å². The van der Waals surface area contributed by atoms with Gasteiger partial charge in [-0.2, -0.15) is 13.2 Å². The Bertz CT molecular complexity index is 4900. The first-order valence-electron chi connectivity index (χ1n) is 43.0. The fraction of sp³-hybridized carbons (Fsp3) is 0.500. The van der Waals surface area contributed by atoms with Crippen molar-refractivity contribution in [2.24, 2.45) is 51.6 Å². The quantitative estimate of drug-likeness (QED) is 0.00489. The molecule has 0 saturated carbocycles. The number of guanidine groups is 7. The molecule has 756 valence electrons. The van der Waals surface area contributed by atoms with Gasteiger partial charge in [-0.3, -0.25) is 95.4 Å². The maximum atomic E-state index is 14.9. The van der Waals surface area contributed by atoms with Crippen LogP contribution in [0, 0.1) is 37.9 Å². The molecule has 53 nitrogen and oxygen atoms in total. The second-order valence-corrected chi connectivity index (χ2v) is 30.9. The number of alkyl halides is 3. The third-order valence-corrected chi connectivity index (χ3v) is 19.8. The van der Waals surface area contributed by atoms with Gasteiger partial charge in [0.25, 0.3) is 0 Å². The molecule has 46 N–H and O–H groups in total. The number of hydrogen-bond donors (Lipinski definition) is 37. The average molecular weight is 1960 g/mol. The third-order valence-electron chi connectivity index (χ3n) is 19.5. The number of nitrogens with one attached hydrogen (secondary N) is 25. The first-order valence-corrected chi connectivity index (χ1v) is 43.4. The number of carboxylic acids is 2. The van der Waals surface area contributed by atoms with Crippen molar-refractivity contribution >= 4 is 153 Å². The third kappa shape index (κ3) is 47.0. The Morgan fingerprint density at radius 2 is 0.759 bits per heavy atom. The van der Waals surface area contributed by atoms with Gasteiger partial charge >= 0.3 is 24.1 Å². The fourth-order valence-electron chi connectivity index (χ4n) is 12.9. The van der Waals surface area contributed by atoms with Crippen LogP contribution in [0.2, 0.25) is 0 Å². The second-order valence-electron chi connectivity index (χ2n) is 30.5. The van der Waals surface area contributed by atoms with Gasteiger partial charge in [-0.1, -0.05) is 6.07 Å². The Morgan fingerprint density at radius 1 is 0.409 bits per heavy atom. The summed E-state index contributed by atoms with van der Waals surface area (Å²) < 4.78 is 42.9. The zero-order valence-electron chi connectivity index (χ0n) is 74.8. The highest BCUT2D eigenvalue weighted by Crippen LogP contribution is 2.42. The molecule has 2 aromatic rings. The lowest BCUT2D eigenvalue weighted by Gasteiger charge is -2.28. The molecule has 4 rings (SSSR count). The predicted molar refractivity (Wildman–Crippen MR) is 501 cm³/mol. The fourth-order valence-corrected chi connectivity index (χ4v) is 13.1. The minimum atomic E-state index is -5.08. The predicted octanol–water partition coefficient (Wildman–Crippen LogP) is -5.95. The van der Waals surface area contributed by atoms with Crippen LogP contribution >= 0.6 is 12.2 Å². The number of halogens is 3. The van der Waals surface area contributed by atoms with Crippen molar-refractivity contribution in [1.29, 1.82) is 37.9 Å². The van der Waals surface area contributed by atoms with Crippen LogP contribution in [0.3, 0.4) is 0 Å². The van der Waals surface area contributed by atoms with Gasteiger partial charge in [0.05, 0.1) is 18.5 Å². The number of aliphatic carboxylic acids is 1. The van der Waals surface area contributed by atoms with E-state index in [1.165, 1.54) is 36.4 Å². The maximum Gasteiger partial charge on any atom is 0.490 e. The van der Waals surface area contributed by atoms with E-state index in [9.17, 15) is 85.7 Å². The highest BCUT2D eigenvalue weighted by atomic mass is 32.1. The Labute approximate surface area is 788 Å².